The molecule has 1 amide bonds. The fourth-order valence-electron chi connectivity index (χ4n) is 3.11. The van der Waals surface area contributed by atoms with Crippen LogP contribution in [0.3, 0.4) is 0 Å². The summed E-state index contributed by atoms with van der Waals surface area (Å²) in [5.74, 6) is 1.14. The molecule has 1 aliphatic rings. The van der Waals surface area contributed by atoms with E-state index >= 15 is 0 Å². The minimum absolute atomic E-state index is 0.0855. The van der Waals surface area contributed by atoms with Gasteiger partial charge < -0.3 is 19.5 Å². The Morgan fingerprint density at radius 2 is 2.00 bits per heavy atom. The van der Waals surface area contributed by atoms with Gasteiger partial charge in [-0.15, -0.1) is 0 Å². The van der Waals surface area contributed by atoms with Crippen molar-refractivity contribution in [1.82, 2.24) is 5.32 Å². The Balaban J connectivity index is 1.77. The number of ether oxygens (including phenoxy) is 3. The smallest absolute Gasteiger partial charge is 0.258 e. The zero-order valence-corrected chi connectivity index (χ0v) is 17.0. The van der Waals surface area contributed by atoms with Gasteiger partial charge >= 0.3 is 0 Å². The van der Waals surface area contributed by atoms with Crippen molar-refractivity contribution >= 4 is 17.6 Å². The monoisotopic (exact) mass is 397 g/mol. The Morgan fingerprint density at radius 1 is 1.17 bits per heavy atom. The van der Waals surface area contributed by atoms with Crippen molar-refractivity contribution in [2.24, 2.45) is 4.99 Å². The van der Waals surface area contributed by atoms with Crippen LogP contribution in [0.25, 0.3) is 0 Å². The maximum atomic E-state index is 12.8. The van der Waals surface area contributed by atoms with Gasteiger partial charge in [-0.2, -0.15) is 0 Å². The van der Waals surface area contributed by atoms with E-state index < -0.39 is 0 Å². The highest BCUT2D eigenvalue weighted by atomic mass is 16.5. The molecule has 1 heterocycles. The maximum absolute atomic E-state index is 12.8. The summed E-state index contributed by atoms with van der Waals surface area (Å²) >= 11 is 0. The van der Waals surface area contributed by atoms with Crippen molar-refractivity contribution in [1.29, 1.82) is 0 Å². The lowest BCUT2D eigenvalue weighted by molar-refractivity contribution is 0.0975. The van der Waals surface area contributed by atoms with Gasteiger partial charge in [0.25, 0.3) is 5.91 Å². The molecule has 1 aliphatic heterocycles. The molecule has 2 aromatic carbocycles. The highest BCUT2D eigenvalue weighted by Gasteiger charge is 2.17. The number of carbonyl (C=O) groups is 1. The number of hydrogen-bond acceptors (Lipinski definition) is 5. The predicted molar refractivity (Wildman–Crippen MR) is 113 cm³/mol. The zero-order chi connectivity index (χ0) is 20.6. The number of amides is 1. The fourth-order valence-corrected chi connectivity index (χ4v) is 3.11. The molecule has 1 atom stereocenters. The van der Waals surface area contributed by atoms with Crippen LogP contribution in [0.1, 0.15) is 28.8 Å². The number of methoxy groups -OCH3 is 2. The second-order valence-electron chi connectivity index (χ2n) is 6.84. The standard InChI is InChI=1S/C22H27N3O4/c1-15-6-4-7-17(12-15)24-22(23-14-18-8-5-11-29-18)25-21(26)16-9-10-19(27-2)20(13-16)28-3/h4,6-7,9-10,12-13,18H,5,8,11,14H2,1-3H3,(H2,23,24,25,26)/t18-/m1/s1. The van der Waals surface area contributed by atoms with Crippen LogP contribution < -0.4 is 20.1 Å². The summed E-state index contributed by atoms with van der Waals surface area (Å²) in [7, 11) is 3.09. The number of benzene rings is 2. The number of nitrogens with zero attached hydrogens (tertiary/aromatic N) is 1. The molecule has 0 radical (unpaired) electrons. The molecule has 0 spiro atoms. The first-order chi connectivity index (χ1) is 14.1. The van der Waals surface area contributed by atoms with Crippen molar-refractivity contribution in [3.63, 3.8) is 0 Å². The Bertz CT molecular complexity index is 876. The quantitative estimate of drug-likeness (QED) is 0.577. The second-order valence-corrected chi connectivity index (χ2v) is 6.84. The molecule has 7 heteroatoms. The molecule has 7 nitrogen and oxygen atoms in total. The summed E-state index contributed by atoms with van der Waals surface area (Å²) in [6.07, 6.45) is 2.10. The lowest BCUT2D eigenvalue weighted by atomic mass is 10.2. The van der Waals surface area contributed by atoms with Crippen molar-refractivity contribution < 1.29 is 19.0 Å². The molecule has 3 rings (SSSR count). The van der Waals surface area contributed by atoms with E-state index in [-0.39, 0.29) is 12.0 Å². The number of hydrogen-bond donors (Lipinski definition) is 2. The molecule has 1 fully saturated rings. The lowest BCUT2D eigenvalue weighted by Gasteiger charge is -2.14. The van der Waals surface area contributed by atoms with E-state index in [2.05, 4.69) is 15.6 Å². The molecular formula is C22H27N3O4. The van der Waals surface area contributed by atoms with E-state index in [1.165, 1.54) is 7.11 Å². The molecule has 0 saturated carbocycles. The van der Waals surface area contributed by atoms with Gasteiger partial charge in [0, 0.05) is 17.9 Å². The van der Waals surface area contributed by atoms with E-state index in [1.54, 1.807) is 25.3 Å². The Labute approximate surface area is 171 Å². The molecule has 0 aliphatic carbocycles. The van der Waals surface area contributed by atoms with Crippen LogP contribution in [0, 0.1) is 6.92 Å². The van der Waals surface area contributed by atoms with Gasteiger partial charge in [-0.05, 0) is 55.7 Å². The van der Waals surface area contributed by atoms with Crippen LogP contribution in [0.5, 0.6) is 11.5 Å². The van der Waals surface area contributed by atoms with E-state index in [0.717, 1.165) is 30.7 Å². The number of anilines is 1. The highest BCUT2D eigenvalue weighted by molar-refractivity contribution is 6.10. The van der Waals surface area contributed by atoms with Crippen LogP contribution >= 0.6 is 0 Å². The minimum atomic E-state index is -0.294. The third-order valence-electron chi connectivity index (χ3n) is 4.64. The summed E-state index contributed by atoms with van der Waals surface area (Å²) in [6.45, 7) is 3.26. The van der Waals surface area contributed by atoms with Gasteiger partial charge in [0.15, 0.2) is 11.5 Å². The molecule has 1 saturated heterocycles. The van der Waals surface area contributed by atoms with Crippen molar-refractivity contribution in [2.75, 3.05) is 32.7 Å². The summed E-state index contributed by atoms with van der Waals surface area (Å²) in [4.78, 5) is 17.4. The van der Waals surface area contributed by atoms with Crippen LogP contribution in [0.4, 0.5) is 5.69 Å². The zero-order valence-electron chi connectivity index (χ0n) is 17.0. The van der Waals surface area contributed by atoms with Gasteiger partial charge in [0.1, 0.15) is 0 Å². The first-order valence-electron chi connectivity index (χ1n) is 9.62. The average Bonchev–Trinajstić information content (AvgIpc) is 3.25. The molecule has 29 heavy (non-hydrogen) atoms. The van der Waals surface area contributed by atoms with Crippen LogP contribution in [0.2, 0.25) is 0 Å². The van der Waals surface area contributed by atoms with Crippen molar-refractivity contribution in [3.05, 3.63) is 53.6 Å². The summed E-state index contributed by atoms with van der Waals surface area (Å²) < 4.78 is 16.2. The van der Waals surface area contributed by atoms with Crippen LogP contribution in [-0.4, -0.2) is 45.3 Å². The number of aliphatic imine (C=N–C) groups is 1. The second kappa shape index (κ2) is 9.93. The molecule has 2 aromatic rings. The van der Waals surface area contributed by atoms with Gasteiger partial charge in [0.05, 0.1) is 26.9 Å². The van der Waals surface area contributed by atoms with Gasteiger partial charge in [-0.1, -0.05) is 12.1 Å². The van der Waals surface area contributed by atoms with E-state index in [9.17, 15) is 4.79 Å². The summed E-state index contributed by atoms with van der Waals surface area (Å²) in [5.41, 5.74) is 2.40. The van der Waals surface area contributed by atoms with Crippen molar-refractivity contribution in [3.8, 4) is 11.5 Å². The third-order valence-corrected chi connectivity index (χ3v) is 4.64. The average molecular weight is 397 g/mol. The third kappa shape index (κ3) is 5.71. The Hall–Kier alpha value is -3.06. The van der Waals surface area contributed by atoms with Gasteiger partial charge in [-0.25, -0.2) is 4.99 Å². The summed E-state index contributed by atoms with van der Waals surface area (Å²) in [5, 5.41) is 6.06. The van der Waals surface area contributed by atoms with Crippen LogP contribution in [-0.2, 0) is 4.74 Å². The number of aryl methyl sites for hydroxylation is 1. The predicted octanol–water partition coefficient (Wildman–Crippen LogP) is 3.39. The maximum Gasteiger partial charge on any atom is 0.258 e. The Kier molecular flexibility index (Phi) is 7.08. The largest absolute Gasteiger partial charge is 0.493 e. The molecule has 154 valence electrons. The lowest BCUT2D eigenvalue weighted by Crippen LogP contribution is -2.36. The number of rotatable bonds is 6. The van der Waals surface area contributed by atoms with E-state index in [4.69, 9.17) is 14.2 Å². The number of carbonyl (C=O) groups excluding carboxylic acids is 1. The molecule has 0 aromatic heterocycles. The molecule has 0 unspecified atom stereocenters. The number of nitrogens with one attached hydrogen (secondary N) is 2. The first-order valence-corrected chi connectivity index (χ1v) is 9.62. The van der Waals surface area contributed by atoms with Gasteiger partial charge in [-0.3, -0.25) is 10.1 Å². The van der Waals surface area contributed by atoms with Crippen molar-refractivity contribution in [2.45, 2.75) is 25.9 Å². The highest BCUT2D eigenvalue weighted by Crippen LogP contribution is 2.27. The van der Waals surface area contributed by atoms with E-state index in [0.29, 0.717) is 29.6 Å². The number of guanidine groups is 1. The van der Waals surface area contributed by atoms with E-state index in [1.807, 2.05) is 31.2 Å². The first kappa shape index (κ1) is 20.7. The van der Waals surface area contributed by atoms with Crippen LogP contribution in [0.15, 0.2) is 47.5 Å². The topological polar surface area (TPSA) is 81.2 Å². The fraction of sp³-hybridized carbons (Fsp3) is 0.364. The minimum Gasteiger partial charge on any atom is -0.493 e. The normalized spacial score (nSPS) is 16.4. The van der Waals surface area contributed by atoms with Gasteiger partial charge in [0.2, 0.25) is 5.96 Å². The SMILES string of the molecule is COc1ccc(C(=O)NC(=NC[C@H]2CCCO2)Nc2cccc(C)c2)cc1OC. The molecule has 2 N–H and O–H groups in total. The molecular weight excluding hydrogens is 370 g/mol. The summed E-state index contributed by atoms with van der Waals surface area (Å²) in [6, 6.07) is 12.9. The molecule has 0 bridgehead atoms. The Morgan fingerprint density at radius 3 is 2.69 bits per heavy atom.